The topological polar surface area (TPSA) is 86.6 Å². The molecule has 3 N–H and O–H groups in total. The van der Waals surface area contributed by atoms with E-state index in [-0.39, 0.29) is 24.5 Å². The number of carbonyl (C=O) groups is 2. The van der Waals surface area contributed by atoms with Gasteiger partial charge in [0, 0.05) is 12.3 Å². The molecule has 94 valence electrons. The van der Waals surface area contributed by atoms with E-state index in [0.29, 0.717) is 0 Å². The smallest absolute Gasteiger partial charge is 0.303 e. The fourth-order valence-corrected chi connectivity index (χ4v) is 1.38. The van der Waals surface area contributed by atoms with Gasteiger partial charge in [-0.15, -0.1) is 0 Å². The van der Waals surface area contributed by atoms with Crippen molar-refractivity contribution in [2.45, 2.75) is 52.3 Å². The van der Waals surface area contributed by atoms with Gasteiger partial charge in [0.05, 0.1) is 6.04 Å². The van der Waals surface area contributed by atoms with Crippen LogP contribution in [0.5, 0.6) is 0 Å². The molecular weight excluding hydrogens is 210 g/mol. The summed E-state index contributed by atoms with van der Waals surface area (Å²) in [5, 5.41) is 20.9. The Hall–Kier alpha value is -0.940. The summed E-state index contributed by atoms with van der Waals surface area (Å²) in [4.78, 5) is 22.2. The Kier molecular flexibility index (Phi) is 5.61. The Morgan fingerprint density at radius 2 is 1.81 bits per heavy atom. The predicted octanol–water partition coefficient (Wildman–Crippen LogP) is 0.763. The third-order valence-electron chi connectivity index (χ3n) is 2.09. The van der Waals surface area contributed by atoms with E-state index in [0.717, 1.165) is 0 Å². The summed E-state index contributed by atoms with van der Waals surface area (Å²) < 4.78 is 0. The first-order chi connectivity index (χ1) is 7.13. The first kappa shape index (κ1) is 15.1. The summed E-state index contributed by atoms with van der Waals surface area (Å²) in [7, 11) is 0. The molecule has 0 bridgehead atoms. The fourth-order valence-electron chi connectivity index (χ4n) is 1.38. The lowest BCUT2D eigenvalue weighted by atomic mass is 9.97. The van der Waals surface area contributed by atoms with Crippen LogP contribution in [0.25, 0.3) is 0 Å². The molecule has 0 saturated carbocycles. The number of carboxylic acids is 1. The minimum absolute atomic E-state index is 0.0802. The molecule has 5 heteroatoms. The molecule has 0 spiro atoms. The molecule has 0 rings (SSSR count). The maximum atomic E-state index is 11.8. The lowest BCUT2D eigenvalue weighted by Gasteiger charge is -2.27. The number of hydrogen-bond donors (Lipinski definition) is 3. The third kappa shape index (κ3) is 6.53. The van der Waals surface area contributed by atoms with Gasteiger partial charge in [-0.05, 0) is 20.3 Å². The second-order valence-corrected chi connectivity index (χ2v) is 4.75. The SMILES string of the molecule is CC(C)C(=O)C(CCC(=O)O)NC(C)(C)O. The summed E-state index contributed by atoms with van der Waals surface area (Å²) in [6, 6.07) is -0.615. The Labute approximate surface area is 95.9 Å². The van der Waals surface area contributed by atoms with Crippen LogP contribution >= 0.6 is 0 Å². The van der Waals surface area contributed by atoms with E-state index >= 15 is 0 Å². The molecule has 0 fully saturated rings. The molecule has 16 heavy (non-hydrogen) atoms. The number of nitrogens with one attached hydrogen (secondary N) is 1. The van der Waals surface area contributed by atoms with Crippen molar-refractivity contribution in [3.8, 4) is 0 Å². The predicted molar refractivity (Wildman–Crippen MR) is 59.9 cm³/mol. The molecule has 0 radical (unpaired) electrons. The number of aliphatic carboxylic acids is 1. The van der Waals surface area contributed by atoms with E-state index in [9.17, 15) is 14.7 Å². The molecule has 5 nitrogen and oxygen atoms in total. The third-order valence-corrected chi connectivity index (χ3v) is 2.09. The Morgan fingerprint density at radius 1 is 1.31 bits per heavy atom. The Bertz CT molecular complexity index is 255. The van der Waals surface area contributed by atoms with Crippen LogP contribution in [0.2, 0.25) is 0 Å². The van der Waals surface area contributed by atoms with Crippen LogP contribution in [0.4, 0.5) is 0 Å². The zero-order valence-electron chi connectivity index (χ0n) is 10.3. The molecule has 1 atom stereocenters. The van der Waals surface area contributed by atoms with Gasteiger partial charge in [0.1, 0.15) is 5.72 Å². The van der Waals surface area contributed by atoms with Gasteiger partial charge in [-0.2, -0.15) is 0 Å². The van der Waals surface area contributed by atoms with Gasteiger partial charge in [-0.1, -0.05) is 13.8 Å². The van der Waals surface area contributed by atoms with Crippen LogP contribution in [0.1, 0.15) is 40.5 Å². The summed E-state index contributed by atoms with van der Waals surface area (Å²) in [5.74, 6) is -1.21. The van der Waals surface area contributed by atoms with Crippen LogP contribution in [0.15, 0.2) is 0 Å². The van der Waals surface area contributed by atoms with Crippen LogP contribution in [-0.2, 0) is 9.59 Å². The zero-order valence-corrected chi connectivity index (χ0v) is 10.3. The Morgan fingerprint density at radius 3 is 2.12 bits per heavy atom. The van der Waals surface area contributed by atoms with Gasteiger partial charge in [0.2, 0.25) is 0 Å². The minimum Gasteiger partial charge on any atom is -0.481 e. The van der Waals surface area contributed by atoms with Gasteiger partial charge in [0.15, 0.2) is 5.78 Å². The molecule has 0 aliphatic heterocycles. The molecule has 0 aromatic heterocycles. The van der Waals surface area contributed by atoms with Crippen molar-refractivity contribution in [2.75, 3.05) is 0 Å². The lowest BCUT2D eigenvalue weighted by molar-refractivity contribution is -0.137. The zero-order chi connectivity index (χ0) is 12.9. The first-order valence-corrected chi connectivity index (χ1v) is 5.39. The molecule has 0 aromatic carbocycles. The van der Waals surface area contributed by atoms with E-state index in [1.54, 1.807) is 13.8 Å². The minimum atomic E-state index is -1.19. The highest BCUT2D eigenvalue weighted by Crippen LogP contribution is 2.10. The number of carbonyl (C=O) groups excluding carboxylic acids is 1. The molecular formula is C11H21NO4. The fraction of sp³-hybridized carbons (Fsp3) is 0.818. The molecule has 1 unspecified atom stereocenters. The normalized spacial score (nSPS) is 13.9. The molecule has 0 saturated heterocycles. The second kappa shape index (κ2) is 5.96. The average molecular weight is 231 g/mol. The quantitative estimate of drug-likeness (QED) is 0.563. The standard InChI is InChI=1S/C11H21NO4/c1-7(2)10(15)8(5-6-9(13)14)12-11(3,4)16/h7-8,12,16H,5-6H2,1-4H3,(H,13,14). The van der Waals surface area contributed by atoms with E-state index in [1.165, 1.54) is 13.8 Å². The highest BCUT2D eigenvalue weighted by atomic mass is 16.4. The largest absolute Gasteiger partial charge is 0.481 e. The van der Waals surface area contributed by atoms with Crippen molar-refractivity contribution in [3.05, 3.63) is 0 Å². The highest BCUT2D eigenvalue weighted by molar-refractivity contribution is 5.86. The Balaban J connectivity index is 4.51. The maximum Gasteiger partial charge on any atom is 0.303 e. The van der Waals surface area contributed by atoms with Crippen molar-refractivity contribution >= 4 is 11.8 Å². The van der Waals surface area contributed by atoms with E-state index in [4.69, 9.17) is 5.11 Å². The van der Waals surface area contributed by atoms with Crippen LogP contribution in [-0.4, -0.2) is 33.7 Å². The number of Topliss-reactive ketones (excluding diaryl/α,β-unsaturated/α-hetero) is 1. The first-order valence-electron chi connectivity index (χ1n) is 5.39. The van der Waals surface area contributed by atoms with Crippen LogP contribution < -0.4 is 5.32 Å². The van der Waals surface area contributed by atoms with Gasteiger partial charge >= 0.3 is 5.97 Å². The van der Waals surface area contributed by atoms with Crippen molar-refractivity contribution in [2.24, 2.45) is 5.92 Å². The summed E-state index contributed by atoms with van der Waals surface area (Å²) in [6.45, 7) is 6.55. The van der Waals surface area contributed by atoms with Crippen LogP contribution in [0.3, 0.4) is 0 Å². The maximum absolute atomic E-state index is 11.8. The molecule has 0 aliphatic carbocycles. The van der Waals surface area contributed by atoms with Crippen molar-refractivity contribution in [1.82, 2.24) is 5.32 Å². The summed E-state index contributed by atoms with van der Waals surface area (Å²) in [5.41, 5.74) is -1.19. The molecule has 0 amide bonds. The molecule has 0 heterocycles. The van der Waals surface area contributed by atoms with Gasteiger partial charge in [-0.25, -0.2) is 0 Å². The monoisotopic (exact) mass is 231 g/mol. The number of ketones is 1. The summed E-state index contributed by atoms with van der Waals surface area (Å²) in [6.07, 6.45) is 0.0997. The summed E-state index contributed by atoms with van der Waals surface area (Å²) >= 11 is 0. The van der Waals surface area contributed by atoms with Crippen LogP contribution in [0, 0.1) is 5.92 Å². The molecule has 0 aromatic rings. The average Bonchev–Trinajstić information content (AvgIpc) is 2.08. The number of rotatable bonds is 7. The van der Waals surface area contributed by atoms with E-state index in [1.807, 2.05) is 0 Å². The number of aliphatic hydroxyl groups is 1. The number of hydrogen-bond acceptors (Lipinski definition) is 4. The van der Waals surface area contributed by atoms with E-state index < -0.39 is 17.7 Å². The van der Waals surface area contributed by atoms with Crippen molar-refractivity contribution < 1.29 is 19.8 Å². The second-order valence-electron chi connectivity index (χ2n) is 4.75. The van der Waals surface area contributed by atoms with Gasteiger partial charge in [-0.3, -0.25) is 14.9 Å². The lowest BCUT2D eigenvalue weighted by Crippen LogP contribution is -2.50. The van der Waals surface area contributed by atoms with Crippen molar-refractivity contribution in [3.63, 3.8) is 0 Å². The van der Waals surface area contributed by atoms with Gasteiger partial charge in [0.25, 0.3) is 0 Å². The van der Waals surface area contributed by atoms with Crippen molar-refractivity contribution in [1.29, 1.82) is 0 Å². The highest BCUT2D eigenvalue weighted by Gasteiger charge is 2.26. The van der Waals surface area contributed by atoms with E-state index in [2.05, 4.69) is 5.32 Å². The van der Waals surface area contributed by atoms with Gasteiger partial charge < -0.3 is 10.2 Å². The number of carboxylic acid groups (broad SMARTS) is 1. The molecule has 0 aliphatic rings.